The van der Waals surface area contributed by atoms with Crippen molar-refractivity contribution >= 4 is 5.71 Å². The second-order valence-corrected chi connectivity index (χ2v) is 2.75. The molecule has 1 nitrogen and oxygen atoms in total. The molecule has 0 aliphatic carbocycles. The maximum absolute atomic E-state index is 3.13. The molecule has 1 rings (SSSR count). The van der Waals surface area contributed by atoms with Gasteiger partial charge < -0.3 is 0 Å². The summed E-state index contributed by atoms with van der Waals surface area (Å²) in [6.45, 7) is 2.13. The Balaban J connectivity index is 2.86. The molecule has 0 N–H and O–H groups in total. The Morgan fingerprint density at radius 2 is 2.27 bits per heavy atom. The van der Waals surface area contributed by atoms with Crippen LogP contribution in [0.25, 0.3) is 0 Å². The maximum atomic E-state index is 3.13. The highest BCUT2D eigenvalue weighted by Gasteiger charge is 1.98. The largest absolute Gasteiger partial charge is 0.209 e. The first-order valence-corrected chi connectivity index (χ1v) is 3.92. The minimum absolute atomic E-state index is 0.980. The lowest BCUT2D eigenvalue weighted by Crippen LogP contribution is -2.06. The van der Waals surface area contributed by atoms with E-state index in [9.17, 15) is 0 Å². The van der Waals surface area contributed by atoms with Crippen molar-refractivity contribution in [3.8, 4) is 0 Å². The highest BCUT2D eigenvalue weighted by molar-refractivity contribution is 5.78. The van der Waals surface area contributed by atoms with Crippen molar-refractivity contribution in [1.82, 2.24) is 0 Å². The number of rotatable bonds is 0. The summed E-state index contributed by atoms with van der Waals surface area (Å²) in [5.74, 6) is 0. The van der Waals surface area contributed by atoms with Crippen molar-refractivity contribution in [1.29, 1.82) is 0 Å². The van der Waals surface area contributed by atoms with E-state index in [0.29, 0.717) is 0 Å². The van der Waals surface area contributed by atoms with Gasteiger partial charge in [0.2, 0.25) is 0 Å². The van der Waals surface area contributed by atoms with Crippen LogP contribution in [-0.4, -0.2) is 17.3 Å². The number of hydrogen-bond donors (Lipinski definition) is 0. The van der Waals surface area contributed by atoms with Crippen molar-refractivity contribution in [2.75, 3.05) is 7.05 Å². The maximum Gasteiger partial charge on any atom is 0.164 e. The van der Waals surface area contributed by atoms with E-state index in [1.165, 1.54) is 5.71 Å². The zero-order valence-electron chi connectivity index (χ0n) is 7.17. The normalized spacial score (nSPS) is 18.0. The van der Waals surface area contributed by atoms with Crippen molar-refractivity contribution in [2.45, 2.75) is 19.8 Å². The topological polar surface area (TPSA) is 3.01 Å². The second kappa shape index (κ2) is 3.95. The highest BCUT2D eigenvalue weighted by Crippen LogP contribution is 1.93. The van der Waals surface area contributed by atoms with Gasteiger partial charge in [0.15, 0.2) is 11.9 Å². The standard InChI is InChI=1S/C10H14N/c1-10-8-6-4-3-5-7-9-11(10)2/h3,6-7,9H,5,8H2,1-2H3/q+1. The fourth-order valence-electron chi connectivity index (χ4n) is 0.916. The third kappa shape index (κ3) is 2.57. The fraction of sp³-hybridized carbons (Fsp3) is 0.400. The molecule has 1 heteroatoms. The zero-order chi connectivity index (χ0) is 8.10. The molecule has 0 aromatic heterocycles. The van der Waals surface area contributed by atoms with E-state index in [2.05, 4.69) is 42.6 Å². The molecule has 0 saturated carbocycles. The van der Waals surface area contributed by atoms with Gasteiger partial charge in [0.25, 0.3) is 0 Å². The van der Waals surface area contributed by atoms with Crippen LogP contribution < -0.4 is 0 Å². The number of nitrogens with zero attached hydrogens (tertiary/aromatic N) is 1. The van der Waals surface area contributed by atoms with Crippen LogP contribution in [0.4, 0.5) is 0 Å². The Kier molecular flexibility index (Phi) is 2.88. The van der Waals surface area contributed by atoms with E-state index in [-0.39, 0.29) is 0 Å². The van der Waals surface area contributed by atoms with Gasteiger partial charge in [-0.05, 0) is 24.6 Å². The van der Waals surface area contributed by atoms with Gasteiger partial charge in [-0.3, -0.25) is 0 Å². The minimum atomic E-state index is 0.980. The van der Waals surface area contributed by atoms with Gasteiger partial charge in [-0.2, -0.15) is 0 Å². The molecule has 0 bridgehead atoms. The van der Waals surface area contributed by atoms with Crippen LogP contribution in [0.2, 0.25) is 0 Å². The summed E-state index contributed by atoms with van der Waals surface area (Å²) in [7, 11) is 2.07. The molecule has 0 aromatic rings. The van der Waals surface area contributed by atoms with Gasteiger partial charge in [0.1, 0.15) is 7.05 Å². The van der Waals surface area contributed by atoms with Gasteiger partial charge >= 0.3 is 0 Å². The Bertz CT molecular complexity index is 250. The molecular formula is C10H14N+. The highest BCUT2D eigenvalue weighted by atomic mass is 14.9. The molecular weight excluding hydrogens is 134 g/mol. The lowest BCUT2D eigenvalue weighted by atomic mass is 10.3. The molecule has 58 valence electrons. The van der Waals surface area contributed by atoms with E-state index in [1.54, 1.807) is 0 Å². The average Bonchev–Trinajstić information content (AvgIpc) is 2.07. The van der Waals surface area contributed by atoms with Gasteiger partial charge in [-0.25, -0.2) is 4.58 Å². The summed E-state index contributed by atoms with van der Waals surface area (Å²) < 4.78 is 2.15. The van der Waals surface area contributed by atoms with Gasteiger partial charge in [0.05, 0.1) is 6.42 Å². The fourth-order valence-corrected chi connectivity index (χ4v) is 0.916. The van der Waals surface area contributed by atoms with Crippen LogP contribution in [0.3, 0.4) is 0 Å². The molecule has 0 atom stereocenters. The predicted octanol–water partition coefficient (Wildman–Crippen LogP) is 2.11. The van der Waals surface area contributed by atoms with Crippen LogP contribution in [0.5, 0.6) is 0 Å². The Labute approximate surface area is 68.1 Å². The third-order valence-corrected chi connectivity index (χ3v) is 1.82. The molecule has 0 fully saturated rings. The summed E-state index contributed by atoms with van der Waals surface area (Å²) in [6.07, 6.45) is 10.3. The molecule has 1 heterocycles. The van der Waals surface area contributed by atoms with E-state index < -0.39 is 0 Å². The average molecular weight is 148 g/mol. The monoisotopic (exact) mass is 148 g/mol. The quantitative estimate of drug-likeness (QED) is 0.365. The second-order valence-electron chi connectivity index (χ2n) is 2.75. The Morgan fingerprint density at radius 1 is 1.45 bits per heavy atom. The van der Waals surface area contributed by atoms with Gasteiger partial charge in [-0.15, -0.1) is 5.73 Å². The summed E-state index contributed by atoms with van der Waals surface area (Å²) in [6, 6.07) is 0. The molecule has 0 spiro atoms. The minimum Gasteiger partial charge on any atom is -0.209 e. The zero-order valence-corrected chi connectivity index (χ0v) is 7.17. The number of allylic oxidation sites excluding steroid dienone is 2. The van der Waals surface area contributed by atoms with E-state index in [1.807, 2.05) is 6.08 Å². The van der Waals surface area contributed by atoms with Crippen LogP contribution in [-0.2, 0) is 0 Å². The van der Waals surface area contributed by atoms with E-state index >= 15 is 0 Å². The van der Waals surface area contributed by atoms with Crippen LogP contribution in [0.15, 0.2) is 30.2 Å². The number of hydrogen-bond acceptors (Lipinski definition) is 0. The molecule has 0 saturated heterocycles. The van der Waals surface area contributed by atoms with Crippen molar-refractivity contribution in [2.24, 2.45) is 0 Å². The lowest BCUT2D eigenvalue weighted by Gasteiger charge is -1.91. The Morgan fingerprint density at radius 3 is 3.09 bits per heavy atom. The molecule has 0 aromatic carbocycles. The van der Waals surface area contributed by atoms with Crippen LogP contribution in [0, 0.1) is 0 Å². The first-order valence-electron chi connectivity index (χ1n) is 3.92. The predicted molar refractivity (Wildman–Crippen MR) is 47.9 cm³/mol. The lowest BCUT2D eigenvalue weighted by molar-refractivity contribution is -0.423. The molecule has 0 radical (unpaired) electrons. The van der Waals surface area contributed by atoms with Crippen LogP contribution >= 0.6 is 0 Å². The molecule has 11 heavy (non-hydrogen) atoms. The van der Waals surface area contributed by atoms with E-state index in [4.69, 9.17) is 0 Å². The first-order chi connectivity index (χ1) is 5.30. The van der Waals surface area contributed by atoms with Gasteiger partial charge in [-0.1, -0.05) is 0 Å². The van der Waals surface area contributed by atoms with Crippen molar-refractivity contribution < 1.29 is 4.58 Å². The SMILES string of the molecule is CC1=[N+](C)C=CCC=C=CC1. The molecule has 1 aliphatic heterocycles. The Hall–Kier alpha value is -1.07. The summed E-state index contributed by atoms with van der Waals surface area (Å²) in [5, 5.41) is 0. The van der Waals surface area contributed by atoms with Crippen LogP contribution in [0.1, 0.15) is 19.8 Å². The summed E-state index contributed by atoms with van der Waals surface area (Å²) >= 11 is 0. The van der Waals surface area contributed by atoms with Crippen molar-refractivity contribution in [3.63, 3.8) is 0 Å². The van der Waals surface area contributed by atoms with E-state index in [0.717, 1.165) is 12.8 Å². The third-order valence-electron chi connectivity index (χ3n) is 1.82. The molecule has 0 amide bonds. The van der Waals surface area contributed by atoms with Gasteiger partial charge in [0, 0.05) is 6.92 Å². The summed E-state index contributed by atoms with van der Waals surface area (Å²) in [5.41, 5.74) is 4.48. The first kappa shape index (κ1) is 8.03. The summed E-state index contributed by atoms with van der Waals surface area (Å²) in [4.78, 5) is 0. The van der Waals surface area contributed by atoms with Crippen molar-refractivity contribution in [3.05, 3.63) is 30.2 Å². The smallest absolute Gasteiger partial charge is 0.164 e. The molecule has 0 unspecified atom stereocenters. The molecule has 1 aliphatic rings.